The summed E-state index contributed by atoms with van der Waals surface area (Å²) in [4.78, 5) is 12.5. The molecule has 3 aromatic rings. The second-order valence-electron chi connectivity index (χ2n) is 5.65. The fourth-order valence-electron chi connectivity index (χ4n) is 3.08. The summed E-state index contributed by atoms with van der Waals surface area (Å²) in [6.45, 7) is 0. The molecule has 0 saturated heterocycles. The van der Waals surface area contributed by atoms with E-state index in [4.69, 9.17) is 0 Å². The number of rotatable bonds is 6. The van der Waals surface area contributed by atoms with Crippen LogP contribution in [0.1, 0.15) is 0 Å². The number of alkyl halides is 1. The third kappa shape index (κ3) is 3.36. The van der Waals surface area contributed by atoms with Crippen LogP contribution in [-0.2, 0) is 4.79 Å². The van der Waals surface area contributed by atoms with Crippen molar-refractivity contribution >= 4 is 44.9 Å². The summed E-state index contributed by atoms with van der Waals surface area (Å²) in [5.74, 6) is 0.236. The van der Waals surface area contributed by atoms with Crippen LogP contribution in [-0.4, -0.2) is 17.3 Å². The van der Waals surface area contributed by atoms with E-state index in [1.807, 2.05) is 18.2 Å². The molecule has 3 rings (SSSR count). The Morgan fingerprint density at radius 3 is 1.29 bits per heavy atom. The monoisotopic (exact) mass is 397 g/mol. The van der Waals surface area contributed by atoms with Gasteiger partial charge in [0.25, 0.3) is 0 Å². The highest BCUT2D eigenvalue weighted by molar-refractivity contribution is 9.09. The molecule has 24 heavy (non-hydrogen) atoms. The van der Waals surface area contributed by atoms with Gasteiger partial charge in [-0.3, -0.25) is 4.79 Å². The number of hydrogen-bond acceptors (Lipinski definition) is 1. The molecule has 0 aliphatic rings. The van der Waals surface area contributed by atoms with Gasteiger partial charge >= 0.3 is 0 Å². The first-order chi connectivity index (χ1) is 11.8. The molecule has 0 aromatic heterocycles. The topological polar surface area (TPSA) is 17.1 Å². The van der Waals surface area contributed by atoms with Crippen LogP contribution in [0.15, 0.2) is 91.0 Å². The maximum Gasteiger partial charge on any atom is 0.181 e. The predicted octanol–water partition coefficient (Wildman–Crippen LogP) is 3.94. The minimum atomic E-state index is -2.01. The second-order valence-corrected chi connectivity index (χ2v) is 9.69. The fourth-order valence-corrected chi connectivity index (χ4v) is 7.71. The molecule has 0 amide bonds. The van der Waals surface area contributed by atoms with Crippen LogP contribution in [0.4, 0.5) is 0 Å². The normalized spacial score (nSPS) is 11.2. The molecular weight excluding hydrogens is 379 g/mol. The molecule has 0 heterocycles. The molecule has 0 aliphatic carbocycles. The van der Waals surface area contributed by atoms with E-state index in [-0.39, 0.29) is 5.78 Å². The maximum atomic E-state index is 12.5. The Morgan fingerprint density at radius 1 is 0.667 bits per heavy atom. The van der Waals surface area contributed by atoms with Crippen molar-refractivity contribution in [3.63, 3.8) is 0 Å². The largest absolute Gasteiger partial charge is 0.295 e. The summed E-state index contributed by atoms with van der Waals surface area (Å²) in [5, 5.41) is 4.13. The molecule has 0 atom stereocenters. The first kappa shape index (κ1) is 17.1. The molecule has 3 aromatic carbocycles. The maximum absolute atomic E-state index is 12.5. The Bertz CT molecular complexity index is 691. The summed E-state index contributed by atoms with van der Waals surface area (Å²) >= 11 is 3.35. The summed E-state index contributed by atoms with van der Waals surface area (Å²) in [6, 6.07) is 31.4. The lowest BCUT2D eigenvalue weighted by atomic mass is 10.4. The number of carbonyl (C=O) groups is 1. The number of carbonyl (C=O) groups excluding carboxylic acids is 1. The number of Topliss-reactive ketones (excluding diaryl/α,β-unsaturated/α-hetero) is 1. The molecule has 120 valence electrons. The minimum absolute atomic E-state index is 0.236. The average molecular weight is 398 g/mol. The van der Waals surface area contributed by atoms with E-state index in [0.29, 0.717) is 11.5 Å². The van der Waals surface area contributed by atoms with Gasteiger partial charge in [0, 0.05) is 0 Å². The molecule has 0 N–H and O–H groups in total. The van der Waals surface area contributed by atoms with E-state index in [1.165, 1.54) is 15.9 Å². The van der Waals surface area contributed by atoms with E-state index in [1.54, 1.807) is 0 Å². The summed E-state index contributed by atoms with van der Waals surface area (Å²) in [7, 11) is -2.01. The van der Waals surface area contributed by atoms with E-state index >= 15 is 0 Å². The van der Waals surface area contributed by atoms with Crippen molar-refractivity contribution in [2.24, 2.45) is 0 Å². The van der Waals surface area contributed by atoms with Crippen LogP contribution in [0, 0.1) is 0 Å². The third-order valence-corrected chi connectivity index (χ3v) is 9.15. The van der Waals surface area contributed by atoms with Gasteiger partial charge in [-0.2, -0.15) is 0 Å². The van der Waals surface area contributed by atoms with Gasteiger partial charge in [0.1, 0.15) is 29.3 Å². The van der Waals surface area contributed by atoms with Gasteiger partial charge in [-0.15, -0.1) is 0 Å². The Labute approximate surface area is 152 Å². The zero-order chi connectivity index (χ0) is 16.8. The molecule has 0 fully saturated rings. The molecule has 3 heteroatoms. The van der Waals surface area contributed by atoms with Gasteiger partial charge in [0.15, 0.2) is 5.78 Å². The zero-order valence-electron chi connectivity index (χ0n) is 13.3. The standard InChI is InChI=1S/C21H19BrOP/c22-16-18(23)17-24(19-10-4-1-5-11-19,20-12-6-2-7-13-20)21-14-8-3-9-15-21/h1-15H,16-17H2/q+1. The Hall–Kier alpha value is -1.76. The van der Waals surface area contributed by atoms with E-state index in [9.17, 15) is 4.79 Å². The van der Waals surface area contributed by atoms with Crippen molar-refractivity contribution in [3.05, 3.63) is 91.0 Å². The van der Waals surface area contributed by atoms with Gasteiger partial charge in [-0.25, -0.2) is 0 Å². The number of benzene rings is 3. The summed E-state index contributed by atoms with van der Waals surface area (Å²) < 4.78 is 0. The lowest BCUT2D eigenvalue weighted by molar-refractivity contribution is -0.114. The van der Waals surface area contributed by atoms with Crippen molar-refractivity contribution in [3.8, 4) is 0 Å². The van der Waals surface area contributed by atoms with Crippen molar-refractivity contribution in [2.75, 3.05) is 11.5 Å². The van der Waals surface area contributed by atoms with Crippen molar-refractivity contribution in [2.45, 2.75) is 0 Å². The van der Waals surface area contributed by atoms with E-state index < -0.39 is 7.26 Å². The third-order valence-electron chi connectivity index (χ3n) is 4.15. The van der Waals surface area contributed by atoms with Gasteiger partial charge in [0.2, 0.25) is 0 Å². The smallest absolute Gasteiger partial charge is 0.181 e. The number of ketones is 1. The number of hydrogen-bond donors (Lipinski definition) is 0. The molecule has 0 radical (unpaired) electrons. The first-order valence-electron chi connectivity index (χ1n) is 7.90. The SMILES string of the molecule is O=C(CBr)C[P+](c1ccccc1)(c1ccccc1)c1ccccc1. The highest BCUT2D eigenvalue weighted by atomic mass is 79.9. The van der Waals surface area contributed by atoms with Crippen LogP contribution in [0.3, 0.4) is 0 Å². The fraction of sp³-hybridized carbons (Fsp3) is 0.0952. The molecular formula is C21H19BrOP+. The van der Waals surface area contributed by atoms with Gasteiger partial charge in [-0.05, 0) is 36.4 Å². The Kier molecular flexibility index (Phi) is 5.60. The molecule has 1 nitrogen and oxygen atoms in total. The molecule has 0 bridgehead atoms. The molecule has 0 aliphatic heterocycles. The van der Waals surface area contributed by atoms with Crippen LogP contribution in [0.5, 0.6) is 0 Å². The van der Waals surface area contributed by atoms with Crippen molar-refractivity contribution in [1.82, 2.24) is 0 Å². The predicted molar refractivity (Wildman–Crippen MR) is 109 cm³/mol. The quantitative estimate of drug-likeness (QED) is 0.454. The Balaban J connectivity index is 2.30. The van der Waals surface area contributed by atoms with Crippen LogP contribution >= 0.6 is 23.2 Å². The van der Waals surface area contributed by atoms with Crippen LogP contribution in [0.2, 0.25) is 0 Å². The lowest BCUT2D eigenvalue weighted by Gasteiger charge is -2.26. The summed E-state index contributed by atoms with van der Waals surface area (Å²) in [5.41, 5.74) is 0. The lowest BCUT2D eigenvalue weighted by Crippen LogP contribution is -2.36. The average Bonchev–Trinajstić information content (AvgIpc) is 2.68. The van der Waals surface area contributed by atoms with E-state index in [0.717, 1.165) is 0 Å². The Morgan fingerprint density at radius 2 is 1.00 bits per heavy atom. The van der Waals surface area contributed by atoms with Crippen LogP contribution in [0.25, 0.3) is 0 Å². The highest BCUT2D eigenvalue weighted by Crippen LogP contribution is 2.55. The summed E-state index contributed by atoms with van der Waals surface area (Å²) in [6.07, 6.45) is 0.538. The second kappa shape index (κ2) is 7.88. The molecule has 0 saturated carbocycles. The number of halogens is 1. The van der Waals surface area contributed by atoms with Crippen molar-refractivity contribution in [1.29, 1.82) is 0 Å². The van der Waals surface area contributed by atoms with Crippen LogP contribution < -0.4 is 15.9 Å². The minimum Gasteiger partial charge on any atom is -0.295 e. The highest BCUT2D eigenvalue weighted by Gasteiger charge is 2.46. The first-order valence-corrected chi connectivity index (χ1v) is 11.0. The van der Waals surface area contributed by atoms with Gasteiger partial charge in [-0.1, -0.05) is 70.5 Å². The van der Waals surface area contributed by atoms with E-state index in [2.05, 4.69) is 88.7 Å². The van der Waals surface area contributed by atoms with Gasteiger partial charge < -0.3 is 0 Å². The van der Waals surface area contributed by atoms with Gasteiger partial charge in [0.05, 0.1) is 5.33 Å². The zero-order valence-corrected chi connectivity index (χ0v) is 15.8. The molecule has 0 unspecified atom stereocenters. The molecule has 0 spiro atoms. The van der Waals surface area contributed by atoms with Crippen molar-refractivity contribution < 1.29 is 4.79 Å².